The number of carbonyl (C=O) groups is 1. The fraction of sp³-hybridized carbons (Fsp3) is 0.417. The molecule has 1 fully saturated rings. The van der Waals surface area contributed by atoms with Crippen LogP contribution in [0.15, 0.2) is 12.1 Å². The van der Waals surface area contributed by atoms with Gasteiger partial charge in [0.05, 0.1) is 4.92 Å². The number of hydrogen-bond acceptors (Lipinski definition) is 6. The van der Waals surface area contributed by atoms with Gasteiger partial charge in [0.1, 0.15) is 17.4 Å². The van der Waals surface area contributed by atoms with Crippen LogP contribution in [0.1, 0.15) is 31.4 Å². The Hall–Kier alpha value is -2.69. The molecular weight excluding hydrogens is 264 g/mol. The van der Waals surface area contributed by atoms with Gasteiger partial charge < -0.3 is 10.4 Å². The highest BCUT2D eigenvalue weighted by molar-refractivity contribution is 5.83. The molecule has 2 N–H and O–H groups in total. The first kappa shape index (κ1) is 13.7. The Morgan fingerprint density at radius 1 is 1.50 bits per heavy atom. The molecule has 0 bridgehead atoms. The largest absolute Gasteiger partial charge is 0.480 e. The van der Waals surface area contributed by atoms with Crippen LogP contribution in [0.3, 0.4) is 0 Å². The zero-order chi connectivity index (χ0) is 14.8. The van der Waals surface area contributed by atoms with Crippen LogP contribution >= 0.6 is 0 Å². The molecule has 1 heterocycles. The van der Waals surface area contributed by atoms with Gasteiger partial charge in [-0.3, -0.25) is 10.1 Å². The molecule has 0 aromatic carbocycles. The highest BCUT2D eigenvalue weighted by Gasteiger charge is 2.41. The van der Waals surface area contributed by atoms with Gasteiger partial charge in [-0.1, -0.05) is 12.8 Å². The van der Waals surface area contributed by atoms with Crippen molar-refractivity contribution in [1.82, 2.24) is 4.98 Å². The van der Waals surface area contributed by atoms with E-state index in [2.05, 4.69) is 10.3 Å². The molecule has 1 aliphatic rings. The Morgan fingerprint density at radius 3 is 2.65 bits per heavy atom. The van der Waals surface area contributed by atoms with Crippen molar-refractivity contribution in [2.45, 2.75) is 31.2 Å². The number of carboxylic acids is 1. The monoisotopic (exact) mass is 276 g/mol. The molecule has 0 spiro atoms. The summed E-state index contributed by atoms with van der Waals surface area (Å²) in [5.74, 6) is -0.815. The van der Waals surface area contributed by atoms with E-state index in [-0.39, 0.29) is 11.5 Å². The molecule has 20 heavy (non-hydrogen) atoms. The number of anilines is 1. The smallest absolute Gasteiger partial charge is 0.329 e. The van der Waals surface area contributed by atoms with Crippen LogP contribution in [0.5, 0.6) is 0 Å². The summed E-state index contributed by atoms with van der Waals surface area (Å²) in [4.78, 5) is 25.2. The molecule has 1 saturated carbocycles. The number of nitro groups is 1. The van der Waals surface area contributed by atoms with Gasteiger partial charge in [-0.05, 0) is 18.9 Å². The van der Waals surface area contributed by atoms with Crippen molar-refractivity contribution in [3.05, 3.63) is 27.9 Å². The number of hydrogen-bond donors (Lipinski definition) is 2. The number of nitriles is 1. The van der Waals surface area contributed by atoms with Gasteiger partial charge in [-0.25, -0.2) is 9.78 Å². The predicted octanol–water partition coefficient (Wildman–Crippen LogP) is 1.67. The van der Waals surface area contributed by atoms with Gasteiger partial charge in [-0.15, -0.1) is 0 Å². The van der Waals surface area contributed by atoms with E-state index >= 15 is 0 Å². The number of rotatable bonds is 4. The fourth-order valence-corrected chi connectivity index (χ4v) is 2.37. The zero-order valence-electron chi connectivity index (χ0n) is 10.5. The maximum atomic E-state index is 11.4. The Morgan fingerprint density at radius 2 is 2.15 bits per heavy atom. The summed E-state index contributed by atoms with van der Waals surface area (Å²) in [7, 11) is 0. The molecular formula is C12H12N4O4. The lowest BCUT2D eigenvalue weighted by molar-refractivity contribution is -0.385. The summed E-state index contributed by atoms with van der Waals surface area (Å²) in [6.45, 7) is 0. The number of aromatic nitrogens is 1. The van der Waals surface area contributed by atoms with Crippen LogP contribution in [-0.4, -0.2) is 26.5 Å². The molecule has 0 unspecified atom stereocenters. The van der Waals surface area contributed by atoms with E-state index in [1.54, 1.807) is 6.07 Å². The van der Waals surface area contributed by atoms with Crippen molar-refractivity contribution < 1.29 is 14.8 Å². The molecule has 8 heteroatoms. The van der Waals surface area contributed by atoms with E-state index in [9.17, 15) is 20.0 Å². The molecule has 0 atom stereocenters. The Labute approximate surface area is 114 Å². The molecule has 0 aliphatic heterocycles. The average molecular weight is 276 g/mol. The minimum atomic E-state index is -1.10. The highest BCUT2D eigenvalue weighted by Crippen LogP contribution is 2.33. The third-order valence-corrected chi connectivity index (χ3v) is 3.41. The van der Waals surface area contributed by atoms with Crippen LogP contribution < -0.4 is 5.32 Å². The van der Waals surface area contributed by atoms with Gasteiger partial charge in [0.2, 0.25) is 5.69 Å². The number of carboxylic acid groups (broad SMARTS) is 1. The maximum absolute atomic E-state index is 11.4. The third kappa shape index (κ3) is 2.38. The van der Waals surface area contributed by atoms with Crippen molar-refractivity contribution in [3.8, 4) is 6.07 Å². The highest BCUT2D eigenvalue weighted by atomic mass is 16.6. The fourth-order valence-electron chi connectivity index (χ4n) is 2.37. The van der Waals surface area contributed by atoms with Crippen molar-refractivity contribution in [2.24, 2.45) is 0 Å². The predicted molar refractivity (Wildman–Crippen MR) is 68.1 cm³/mol. The molecule has 2 rings (SSSR count). The Bertz CT molecular complexity index is 602. The van der Waals surface area contributed by atoms with Gasteiger partial charge in [0.25, 0.3) is 0 Å². The zero-order valence-corrected chi connectivity index (χ0v) is 10.5. The van der Waals surface area contributed by atoms with Crippen LogP contribution in [0.25, 0.3) is 0 Å². The number of nitrogens with one attached hydrogen (secondary N) is 1. The minimum Gasteiger partial charge on any atom is -0.480 e. The molecule has 0 saturated heterocycles. The summed E-state index contributed by atoms with van der Waals surface area (Å²) in [6.07, 6.45) is 2.50. The standard InChI is InChI=1S/C12H12N4O4/c13-7-8-9(16(19)20)3-4-10(14-8)15-12(11(17)18)5-1-2-6-12/h3-4H,1-2,5-6H2,(H,14,15)(H,17,18). The van der Waals surface area contributed by atoms with Crippen LogP contribution in [0, 0.1) is 21.4 Å². The number of nitrogens with zero attached hydrogens (tertiary/aromatic N) is 3. The Kier molecular flexibility index (Phi) is 3.52. The van der Waals surface area contributed by atoms with E-state index in [1.807, 2.05) is 0 Å². The lowest BCUT2D eigenvalue weighted by atomic mass is 9.98. The lowest BCUT2D eigenvalue weighted by Gasteiger charge is -2.25. The van der Waals surface area contributed by atoms with E-state index in [1.165, 1.54) is 6.07 Å². The number of pyridine rings is 1. The van der Waals surface area contributed by atoms with Gasteiger partial charge in [0, 0.05) is 6.07 Å². The summed E-state index contributed by atoms with van der Waals surface area (Å²) in [6, 6.07) is 4.12. The molecule has 1 aromatic heterocycles. The lowest BCUT2D eigenvalue weighted by Crippen LogP contribution is -2.43. The summed E-state index contributed by atoms with van der Waals surface area (Å²) < 4.78 is 0. The van der Waals surface area contributed by atoms with Crippen molar-refractivity contribution >= 4 is 17.5 Å². The van der Waals surface area contributed by atoms with Crippen molar-refractivity contribution in [1.29, 1.82) is 5.26 Å². The second-order valence-electron chi connectivity index (χ2n) is 4.65. The van der Waals surface area contributed by atoms with Crippen molar-refractivity contribution in [2.75, 3.05) is 5.32 Å². The molecule has 1 aliphatic carbocycles. The average Bonchev–Trinajstić information content (AvgIpc) is 2.88. The van der Waals surface area contributed by atoms with E-state index in [0.29, 0.717) is 12.8 Å². The summed E-state index contributed by atoms with van der Waals surface area (Å²) in [5.41, 5.74) is -1.83. The quantitative estimate of drug-likeness (QED) is 0.631. The normalized spacial score (nSPS) is 16.4. The SMILES string of the molecule is N#Cc1nc(NC2(C(=O)O)CCCC2)ccc1[N+](=O)[O-]. The molecule has 0 amide bonds. The first-order valence-corrected chi connectivity index (χ1v) is 6.06. The number of aliphatic carboxylic acids is 1. The maximum Gasteiger partial charge on any atom is 0.329 e. The van der Waals surface area contributed by atoms with Gasteiger partial charge in [0.15, 0.2) is 0 Å². The minimum absolute atomic E-state index is 0.163. The van der Waals surface area contributed by atoms with Crippen LogP contribution in [-0.2, 0) is 4.79 Å². The van der Waals surface area contributed by atoms with Crippen LogP contribution in [0.4, 0.5) is 11.5 Å². The first-order valence-electron chi connectivity index (χ1n) is 6.06. The van der Waals surface area contributed by atoms with Gasteiger partial charge >= 0.3 is 11.7 Å². The molecule has 1 aromatic rings. The second-order valence-corrected chi connectivity index (χ2v) is 4.65. The van der Waals surface area contributed by atoms with Crippen molar-refractivity contribution in [3.63, 3.8) is 0 Å². The topological polar surface area (TPSA) is 129 Å². The molecule has 0 radical (unpaired) electrons. The molecule has 104 valence electrons. The van der Waals surface area contributed by atoms with E-state index < -0.39 is 22.1 Å². The first-order chi connectivity index (χ1) is 9.48. The Balaban J connectivity index is 2.33. The summed E-state index contributed by atoms with van der Waals surface area (Å²) in [5, 5.41) is 31.7. The summed E-state index contributed by atoms with van der Waals surface area (Å²) >= 11 is 0. The second kappa shape index (κ2) is 5.13. The van der Waals surface area contributed by atoms with E-state index in [0.717, 1.165) is 18.9 Å². The van der Waals surface area contributed by atoms with Gasteiger partial charge in [-0.2, -0.15) is 5.26 Å². The molecule has 8 nitrogen and oxygen atoms in total. The third-order valence-electron chi connectivity index (χ3n) is 3.41. The van der Waals surface area contributed by atoms with E-state index in [4.69, 9.17) is 5.26 Å². The van der Waals surface area contributed by atoms with Crippen LogP contribution in [0.2, 0.25) is 0 Å².